The number of nitrogens with one attached hydrogen (secondary N) is 1. The van der Waals surface area contributed by atoms with Crippen molar-refractivity contribution in [1.82, 2.24) is 4.98 Å². The number of hydrogen-bond donors (Lipinski definition) is 1. The molecule has 5 rings (SSSR count). The molecule has 0 unspecified atom stereocenters. The fraction of sp³-hybridized carbons (Fsp3) is 0.296. The number of rotatable bonds is 8. The third-order valence-corrected chi connectivity index (χ3v) is 6.34. The number of nitrogens with zero attached hydrogens (tertiary/aromatic N) is 1. The van der Waals surface area contributed by atoms with Gasteiger partial charge in [0.25, 0.3) is 0 Å². The van der Waals surface area contributed by atoms with E-state index in [0.29, 0.717) is 42.5 Å². The first-order valence-electron chi connectivity index (χ1n) is 11.5. The van der Waals surface area contributed by atoms with Gasteiger partial charge in [-0.05, 0) is 54.7 Å². The number of ketones is 2. The molecular formula is C27H25FN2O4. The number of benzene rings is 2. The van der Waals surface area contributed by atoms with Gasteiger partial charge in [0.05, 0.1) is 12.0 Å². The Morgan fingerprint density at radius 1 is 0.971 bits per heavy atom. The highest BCUT2D eigenvalue weighted by molar-refractivity contribution is 6.10. The summed E-state index contributed by atoms with van der Waals surface area (Å²) in [6.45, 7) is 1.38. The molecule has 1 aliphatic carbocycles. The van der Waals surface area contributed by atoms with Gasteiger partial charge < -0.3 is 14.8 Å². The Labute approximate surface area is 197 Å². The highest BCUT2D eigenvalue weighted by Crippen LogP contribution is 2.49. The van der Waals surface area contributed by atoms with Gasteiger partial charge in [-0.15, -0.1) is 0 Å². The van der Waals surface area contributed by atoms with Crippen molar-refractivity contribution in [3.8, 4) is 17.2 Å². The van der Waals surface area contributed by atoms with Crippen molar-refractivity contribution in [2.24, 2.45) is 5.41 Å². The van der Waals surface area contributed by atoms with Gasteiger partial charge in [0.2, 0.25) is 5.75 Å². The van der Waals surface area contributed by atoms with Crippen LogP contribution in [0.1, 0.15) is 30.4 Å². The number of carbonyl (C=O) groups excluding carboxylic acids is 2. The lowest BCUT2D eigenvalue weighted by atomic mass is 9.88. The lowest BCUT2D eigenvalue weighted by molar-refractivity contribution is -0.133. The average molecular weight is 461 g/mol. The van der Waals surface area contributed by atoms with E-state index in [9.17, 15) is 14.0 Å². The summed E-state index contributed by atoms with van der Waals surface area (Å²) < 4.78 is 24.9. The number of halogens is 1. The standard InChI is InChI=1S/C27H25FN2O4/c28-20-6-2-18(3-7-20)16-23(31)27(11-12-27)24(32)17-19-4-8-21(9-5-19)34-22-10-14-30-26-25(22)33-15-1-13-29-26/h2-10,14H,1,11-13,15-17H2,(H,29,30). The number of anilines is 1. The molecule has 3 aromatic rings. The third kappa shape index (κ3) is 4.64. The van der Waals surface area contributed by atoms with Crippen LogP contribution >= 0.6 is 0 Å². The van der Waals surface area contributed by atoms with Crippen LogP contribution in [0.25, 0.3) is 0 Å². The molecule has 2 aromatic carbocycles. The number of Topliss-reactive ketones (excluding diaryl/α,β-unsaturated/α-hetero) is 2. The summed E-state index contributed by atoms with van der Waals surface area (Å²) in [7, 11) is 0. The molecule has 0 amide bonds. The van der Waals surface area contributed by atoms with Crippen molar-refractivity contribution >= 4 is 17.4 Å². The molecule has 1 aliphatic heterocycles. The minimum atomic E-state index is -0.900. The Balaban J connectivity index is 1.23. The summed E-state index contributed by atoms with van der Waals surface area (Å²) in [5.74, 6) is 1.96. The van der Waals surface area contributed by atoms with E-state index in [1.807, 2.05) is 12.1 Å². The van der Waals surface area contributed by atoms with E-state index in [0.717, 1.165) is 24.1 Å². The van der Waals surface area contributed by atoms with Gasteiger partial charge in [0.1, 0.15) is 11.6 Å². The molecular weight excluding hydrogens is 435 g/mol. The molecule has 6 nitrogen and oxygen atoms in total. The van der Waals surface area contributed by atoms with Crippen molar-refractivity contribution in [3.05, 3.63) is 77.7 Å². The fourth-order valence-corrected chi connectivity index (χ4v) is 4.18. The third-order valence-electron chi connectivity index (χ3n) is 6.34. The highest BCUT2D eigenvalue weighted by Gasteiger charge is 2.54. The van der Waals surface area contributed by atoms with Crippen LogP contribution in [0.3, 0.4) is 0 Å². The van der Waals surface area contributed by atoms with Crippen LogP contribution < -0.4 is 14.8 Å². The van der Waals surface area contributed by atoms with Gasteiger partial charge in [0, 0.05) is 31.6 Å². The maximum Gasteiger partial charge on any atom is 0.204 e. The number of pyridine rings is 1. The largest absolute Gasteiger partial charge is 0.486 e. The van der Waals surface area contributed by atoms with Gasteiger partial charge in [-0.1, -0.05) is 24.3 Å². The monoisotopic (exact) mass is 460 g/mol. The summed E-state index contributed by atoms with van der Waals surface area (Å²) in [5.41, 5.74) is 0.646. The second kappa shape index (κ2) is 9.25. The topological polar surface area (TPSA) is 77.5 Å². The van der Waals surface area contributed by atoms with E-state index < -0.39 is 5.41 Å². The predicted octanol–water partition coefficient (Wildman–Crippen LogP) is 4.91. The zero-order chi connectivity index (χ0) is 23.5. The zero-order valence-electron chi connectivity index (χ0n) is 18.7. The number of aromatic nitrogens is 1. The second-order valence-corrected chi connectivity index (χ2v) is 8.77. The summed E-state index contributed by atoms with van der Waals surface area (Å²) in [6.07, 6.45) is 4.04. The molecule has 0 spiro atoms. The summed E-state index contributed by atoms with van der Waals surface area (Å²) >= 11 is 0. The van der Waals surface area contributed by atoms with E-state index in [-0.39, 0.29) is 30.2 Å². The molecule has 7 heteroatoms. The predicted molar refractivity (Wildman–Crippen MR) is 125 cm³/mol. The minimum Gasteiger partial charge on any atom is -0.486 e. The molecule has 2 aliphatic rings. The number of hydrogen-bond acceptors (Lipinski definition) is 6. The van der Waals surface area contributed by atoms with E-state index in [2.05, 4.69) is 10.3 Å². The zero-order valence-corrected chi connectivity index (χ0v) is 18.7. The Kier molecular flexibility index (Phi) is 6.01. The van der Waals surface area contributed by atoms with Gasteiger partial charge in [-0.25, -0.2) is 9.37 Å². The van der Waals surface area contributed by atoms with Gasteiger partial charge in [-0.2, -0.15) is 0 Å². The molecule has 34 heavy (non-hydrogen) atoms. The van der Waals surface area contributed by atoms with Crippen molar-refractivity contribution < 1.29 is 23.5 Å². The molecule has 0 saturated heterocycles. The Hall–Kier alpha value is -3.74. The first-order chi connectivity index (χ1) is 16.5. The molecule has 0 bridgehead atoms. The fourth-order valence-electron chi connectivity index (χ4n) is 4.18. The molecule has 2 heterocycles. The average Bonchev–Trinajstić information content (AvgIpc) is 3.67. The van der Waals surface area contributed by atoms with Crippen molar-refractivity contribution in [1.29, 1.82) is 0 Å². The maximum atomic E-state index is 13.1. The van der Waals surface area contributed by atoms with Crippen LogP contribution in [0.5, 0.6) is 17.2 Å². The smallest absolute Gasteiger partial charge is 0.204 e. The number of fused-ring (bicyclic) bond motifs is 1. The SMILES string of the molecule is O=C(Cc1ccc(F)cc1)C1(C(=O)Cc2ccc(Oc3ccnc4c3OCCCN4)cc2)CC1. The van der Waals surface area contributed by atoms with Crippen LogP contribution in [0.4, 0.5) is 10.2 Å². The molecule has 1 aromatic heterocycles. The minimum absolute atomic E-state index is 0.0628. The van der Waals surface area contributed by atoms with Crippen molar-refractivity contribution in [2.75, 3.05) is 18.5 Å². The first kappa shape index (κ1) is 22.1. The second-order valence-electron chi connectivity index (χ2n) is 8.77. The van der Waals surface area contributed by atoms with E-state index in [4.69, 9.17) is 9.47 Å². The summed E-state index contributed by atoms with van der Waals surface area (Å²) in [5, 5.41) is 3.23. The van der Waals surface area contributed by atoms with Gasteiger partial charge in [-0.3, -0.25) is 9.59 Å². The van der Waals surface area contributed by atoms with Crippen LogP contribution in [0.2, 0.25) is 0 Å². The van der Waals surface area contributed by atoms with Crippen molar-refractivity contribution in [3.63, 3.8) is 0 Å². The molecule has 174 valence electrons. The molecule has 1 N–H and O–H groups in total. The Morgan fingerprint density at radius 3 is 2.26 bits per heavy atom. The van der Waals surface area contributed by atoms with E-state index >= 15 is 0 Å². The highest BCUT2D eigenvalue weighted by atomic mass is 19.1. The van der Waals surface area contributed by atoms with Crippen LogP contribution in [0.15, 0.2) is 60.8 Å². The Bertz CT molecular complexity index is 1200. The maximum absolute atomic E-state index is 13.1. The molecule has 0 radical (unpaired) electrons. The molecule has 1 fully saturated rings. The number of ether oxygens (including phenoxy) is 2. The molecule has 1 saturated carbocycles. The van der Waals surface area contributed by atoms with Gasteiger partial charge >= 0.3 is 0 Å². The van der Waals surface area contributed by atoms with Crippen LogP contribution in [-0.4, -0.2) is 29.7 Å². The van der Waals surface area contributed by atoms with Crippen LogP contribution in [-0.2, 0) is 22.4 Å². The summed E-state index contributed by atoms with van der Waals surface area (Å²) in [4.78, 5) is 30.2. The van der Waals surface area contributed by atoms with Gasteiger partial charge in [0.15, 0.2) is 23.1 Å². The van der Waals surface area contributed by atoms with Crippen LogP contribution in [0, 0.1) is 11.2 Å². The first-order valence-corrected chi connectivity index (χ1v) is 11.5. The number of carbonyl (C=O) groups is 2. The summed E-state index contributed by atoms with van der Waals surface area (Å²) in [6, 6.07) is 14.9. The lowest BCUT2D eigenvalue weighted by Gasteiger charge is -2.14. The van der Waals surface area contributed by atoms with E-state index in [1.165, 1.54) is 12.1 Å². The lowest BCUT2D eigenvalue weighted by Crippen LogP contribution is -2.28. The van der Waals surface area contributed by atoms with Crippen molar-refractivity contribution in [2.45, 2.75) is 32.1 Å². The normalized spacial score (nSPS) is 15.8. The quantitative estimate of drug-likeness (QED) is 0.481. The molecule has 0 atom stereocenters. The van der Waals surface area contributed by atoms with E-state index in [1.54, 1.807) is 36.5 Å². The Morgan fingerprint density at radius 2 is 1.62 bits per heavy atom.